The Hall–Kier alpha value is -1.02. The lowest BCUT2D eigenvalue weighted by atomic mass is 10.1. The Kier molecular flexibility index (Phi) is 1.41. The largest absolute Gasteiger partial charge is 0.276 e. The summed E-state index contributed by atoms with van der Waals surface area (Å²) in [5.41, 5.74) is 2.25. The van der Waals surface area contributed by atoms with Crippen LogP contribution < -0.4 is 0 Å². The molecule has 1 N–H and O–H groups in total. The third kappa shape index (κ3) is 1.05. The fourth-order valence-corrected chi connectivity index (χ4v) is 1.94. The highest BCUT2D eigenvalue weighted by molar-refractivity contribution is 6.34. The summed E-state index contributed by atoms with van der Waals surface area (Å²) in [7, 11) is 0. The Morgan fingerprint density at radius 3 is 3.15 bits per heavy atom. The molecular formula is C10H8ClN2. The van der Waals surface area contributed by atoms with E-state index in [-0.39, 0.29) is 0 Å². The minimum absolute atomic E-state index is 0.578. The fourth-order valence-electron chi connectivity index (χ4n) is 1.69. The van der Waals surface area contributed by atoms with Gasteiger partial charge in [0.05, 0.1) is 5.52 Å². The lowest BCUT2D eigenvalue weighted by molar-refractivity contribution is 1.12. The zero-order valence-electron chi connectivity index (χ0n) is 6.97. The summed E-state index contributed by atoms with van der Waals surface area (Å²) in [6.45, 7) is 0. The summed E-state index contributed by atoms with van der Waals surface area (Å²) in [6, 6.07) is 7.15. The average Bonchev–Trinajstić information content (AvgIpc) is 2.92. The number of hydrogen-bond acceptors (Lipinski definition) is 1. The molecule has 0 unspecified atom stereocenters. The molecule has 2 aromatic rings. The van der Waals surface area contributed by atoms with Crippen LogP contribution in [0.5, 0.6) is 0 Å². The van der Waals surface area contributed by atoms with Crippen molar-refractivity contribution in [3.63, 3.8) is 0 Å². The van der Waals surface area contributed by atoms with Gasteiger partial charge in [-0.2, -0.15) is 5.10 Å². The Balaban J connectivity index is 2.36. The molecule has 1 aliphatic rings. The molecule has 0 atom stereocenters. The van der Waals surface area contributed by atoms with Crippen molar-refractivity contribution in [2.24, 2.45) is 0 Å². The summed E-state index contributed by atoms with van der Waals surface area (Å²) in [5, 5.41) is 8.54. The van der Waals surface area contributed by atoms with E-state index in [9.17, 15) is 0 Å². The molecule has 3 heteroatoms. The Morgan fingerprint density at radius 1 is 1.54 bits per heavy atom. The minimum Gasteiger partial charge on any atom is -0.276 e. The van der Waals surface area contributed by atoms with Crippen LogP contribution in [0.3, 0.4) is 0 Å². The molecule has 1 radical (unpaired) electrons. The van der Waals surface area contributed by atoms with Crippen molar-refractivity contribution in [3.05, 3.63) is 28.9 Å². The van der Waals surface area contributed by atoms with Crippen LogP contribution in [0.1, 0.15) is 24.3 Å². The molecule has 65 valence electrons. The zero-order valence-corrected chi connectivity index (χ0v) is 7.73. The topological polar surface area (TPSA) is 28.7 Å². The van der Waals surface area contributed by atoms with Crippen molar-refractivity contribution >= 4 is 22.5 Å². The van der Waals surface area contributed by atoms with Gasteiger partial charge in [-0.15, -0.1) is 0 Å². The van der Waals surface area contributed by atoms with E-state index in [4.69, 9.17) is 11.6 Å². The van der Waals surface area contributed by atoms with Crippen LogP contribution in [0.2, 0.25) is 5.15 Å². The molecule has 1 aromatic heterocycles. The monoisotopic (exact) mass is 191 g/mol. The van der Waals surface area contributed by atoms with E-state index in [0.717, 1.165) is 10.9 Å². The maximum Gasteiger partial charge on any atom is 0.158 e. The van der Waals surface area contributed by atoms with Crippen molar-refractivity contribution in [2.75, 3.05) is 0 Å². The van der Waals surface area contributed by atoms with E-state index < -0.39 is 0 Å². The summed E-state index contributed by atoms with van der Waals surface area (Å²) >= 11 is 5.99. The number of rotatable bonds is 1. The molecule has 2 nitrogen and oxygen atoms in total. The highest BCUT2D eigenvalue weighted by Gasteiger charge is 2.26. The number of fused-ring (bicyclic) bond motifs is 1. The molecule has 1 saturated carbocycles. The van der Waals surface area contributed by atoms with Crippen molar-refractivity contribution in [3.8, 4) is 0 Å². The van der Waals surface area contributed by atoms with E-state index in [1.54, 1.807) is 0 Å². The van der Waals surface area contributed by atoms with Gasteiger partial charge in [0.25, 0.3) is 0 Å². The number of nitrogens with zero attached hydrogens (tertiary/aromatic N) is 1. The molecule has 0 spiro atoms. The molecule has 1 aliphatic carbocycles. The van der Waals surface area contributed by atoms with E-state index in [2.05, 4.69) is 16.3 Å². The normalized spacial score (nSPS) is 16.7. The van der Waals surface area contributed by atoms with Crippen molar-refractivity contribution < 1.29 is 0 Å². The van der Waals surface area contributed by atoms with Gasteiger partial charge in [-0.25, -0.2) is 0 Å². The van der Waals surface area contributed by atoms with Gasteiger partial charge >= 0.3 is 0 Å². The smallest absolute Gasteiger partial charge is 0.158 e. The number of aromatic nitrogens is 2. The number of benzene rings is 1. The predicted octanol–water partition coefficient (Wildman–Crippen LogP) is 2.89. The van der Waals surface area contributed by atoms with Crippen LogP contribution >= 0.6 is 11.6 Å². The first-order valence-corrected chi connectivity index (χ1v) is 4.78. The van der Waals surface area contributed by atoms with E-state index in [1.165, 1.54) is 18.4 Å². The Morgan fingerprint density at radius 2 is 2.38 bits per heavy atom. The number of aromatic amines is 1. The molecule has 0 saturated heterocycles. The highest BCUT2D eigenvalue weighted by atomic mass is 35.5. The van der Waals surface area contributed by atoms with Gasteiger partial charge in [-0.1, -0.05) is 17.7 Å². The van der Waals surface area contributed by atoms with Crippen LogP contribution in [0.15, 0.2) is 12.1 Å². The molecular weight excluding hydrogens is 184 g/mol. The summed E-state index contributed by atoms with van der Waals surface area (Å²) in [6.07, 6.45) is 2.52. The zero-order chi connectivity index (χ0) is 8.84. The summed E-state index contributed by atoms with van der Waals surface area (Å²) in [4.78, 5) is 0. The lowest BCUT2D eigenvalue weighted by Gasteiger charge is -1.98. The standard InChI is InChI=1S/C10H8ClN2/c11-10-9-7(6-4-5-6)2-1-3-8(9)12-13-10/h1,3,6H,4-5H2,(H,12,13). The Bertz CT molecular complexity index is 457. The van der Waals surface area contributed by atoms with Crippen LogP contribution in [0.25, 0.3) is 10.9 Å². The van der Waals surface area contributed by atoms with Gasteiger partial charge in [0, 0.05) is 5.39 Å². The van der Waals surface area contributed by atoms with Crippen molar-refractivity contribution in [1.29, 1.82) is 0 Å². The predicted molar refractivity (Wildman–Crippen MR) is 51.9 cm³/mol. The van der Waals surface area contributed by atoms with Gasteiger partial charge in [0.1, 0.15) is 0 Å². The van der Waals surface area contributed by atoms with Crippen LogP contribution in [-0.2, 0) is 0 Å². The van der Waals surface area contributed by atoms with Gasteiger partial charge in [-0.3, -0.25) is 5.10 Å². The van der Waals surface area contributed by atoms with Gasteiger partial charge in [0.15, 0.2) is 5.15 Å². The SMILES string of the molecule is Clc1n[nH]c2cc[c]c(C3CC3)c12. The van der Waals surface area contributed by atoms with E-state index >= 15 is 0 Å². The van der Waals surface area contributed by atoms with Crippen LogP contribution in [0.4, 0.5) is 0 Å². The molecule has 1 aromatic carbocycles. The molecule has 1 heterocycles. The minimum atomic E-state index is 0.578. The third-order valence-electron chi connectivity index (χ3n) is 2.49. The highest BCUT2D eigenvalue weighted by Crippen LogP contribution is 2.43. The second-order valence-electron chi connectivity index (χ2n) is 3.47. The number of hydrogen-bond donors (Lipinski definition) is 1. The van der Waals surface area contributed by atoms with Gasteiger partial charge in [-0.05, 0) is 36.5 Å². The van der Waals surface area contributed by atoms with E-state index in [1.807, 2.05) is 12.1 Å². The van der Waals surface area contributed by atoms with Crippen LogP contribution in [-0.4, -0.2) is 10.2 Å². The van der Waals surface area contributed by atoms with Crippen LogP contribution in [0, 0.1) is 6.07 Å². The second-order valence-corrected chi connectivity index (χ2v) is 3.83. The quantitative estimate of drug-likeness (QED) is 0.738. The number of halogens is 1. The molecule has 0 amide bonds. The first-order valence-electron chi connectivity index (χ1n) is 4.40. The average molecular weight is 192 g/mol. The van der Waals surface area contributed by atoms with E-state index in [0.29, 0.717) is 11.1 Å². The van der Waals surface area contributed by atoms with Crippen molar-refractivity contribution in [2.45, 2.75) is 18.8 Å². The molecule has 13 heavy (non-hydrogen) atoms. The maximum atomic E-state index is 5.99. The summed E-state index contributed by atoms with van der Waals surface area (Å²) < 4.78 is 0. The maximum absolute atomic E-state index is 5.99. The number of nitrogens with one attached hydrogen (secondary N) is 1. The first kappa shape index (κ1) is 7.39. The van der Waals surface area contributed by atoms with Gasteiger partial charge < -0.3 is 0 Å². The molecule has 1 fully saturated rings. The Labute approximate surface area is 80.9 Å². The molecule has 3 rings (SSSR count). The van der Waals surface area contributed by atoms with Gasteiger partial charge in [0.2, 0.25) is 0 Å². The fraction of sp³-hybridized carbons (Fsp3) is 0.300. The second kappa shape index (κ2) is 2.48. The number of H-pyrrole nitrogens is 1. The lowest BCUT2D eigenvalue weighted by Crippen LogP contribution is -1.80. The summed E-state index contributed by atoms with van der Waals surface area (Å²) in [5.74, 6) is 0.666. The van der Waals surface area contributed by atoms with Crippen molar-refractivity contribution in [1.82, 2.24) is 10.2 Å². The first-order chi connectivity index (χ1) is 6.36. The third-order valence-corrected chi connectivity index (χ3v) is 2.77. The molecule has 0 aliphatic heterocycles. The molecule has 0 bridgehead atoms.